The molecular weight excluding hydrogens is 339 g/mol. The smallest absolute Gasteiger partial charge is 0.417 e. The number of hydrogen-bond acceptors (Lipinski definition) is 4. The summed E-state index contributed by atoms with van der Waals surface area (Å²) in [7, 11) is 0. The maximum atomic E-state index is 13.0. The number of aryl methyl sites for hydroxylation is 1. The van der Waals surface area contributed by atoms with E-state index in [2.05, 4.69) is 26.1 Å². The van der Waals surface area contributed by atoms with Crippen LogP contribution in [0.1, 0.15) is 17.9 Å². The summed E-state index contributed by atoms with van der Waals surface area (Å²) in [5.41, 5.74) is 4.40. The molecule has 20 heavy (non-hydrogen) atoms. The van der Waals surface area contributed by atoms with Gasteiger partial charge in [-0.05, 0) is 31.2 Å². The Morgan fingerprint density at radius 2 is 2.00 bits per heavy atom. The number of nitrogens with zero attached hydrogens (tertiary/aromatic N) is 2. The van der Waals surface area contributed by atoms with Gasteiger partial charge in [0.15, 0.2) is 0 Å². The van der Waals surface area contributed by atoms with Gasteiger partial charge in [-0.25, -0.2) is 0 Å². The van der Waals surface area contributed by atoms with Crippen LogP contribution in [-0.2, 0) is 12.6 Å². The number of hydrogen-bond donors (Lipinski definition) is 1. The summed E-state index contributed by atoms with van der Waals surface area (Å²) in [6, 6.07) is 3.78. The first-order valence-electron chi connectivity index (χ1n) is 5.81. The van der Waals surface area contributed by atoms with E-state index in [0.717, 1.165) is 6.07 Å². The van der Waals surface area contributed by atoms with Gasteiger partial charge < -0.3 is 10.2 Å². The second-order valence-electron chi connectivity index (χ2n) is 4.08. The van der Waals surface area contributed by atoms with Crippen LogP contribution < -0.4 is 5.73 Å². The summed E-state index contributed by atoms with van der Waals surface area (Å²) in [5.74, 6) is 0.137. The lowest BCUT2D eigenvalue weighted by atomic mass is 10.1. The van der Waals surface area contributed by atoms with Crippen LogP contribution in [0.3, 0.4) is 0 Å². The first-order chi connectivity index (χ1) is 9.41. The van der Waals surface area contributed by atoms with Crippen LogP contribution >= 0.6 is 15.9 Å². The number of benzene rings is 1. The Kier molecular flexibility index (Phi) is 4.44. The number of halogens is 4. The van der Waals surface area contributed by atoms with Crippen molar-refractivity contribution in [2.75, 3.05) is 6.54 Å². The molecule has 8 heteroatoms. The predicted octanol–water partition coefficient (Wildman–Crippen LogP) is 3.41. The highest BCUT2D eigenvalue weighted by Crippen LogP contribution is 2.38. The molecule has 0 amide bonds. The first-order valence-corrected chi connectivity index (χ1v) is 6.60. The third-order valence-electron chi connectivity index (χ3n) is 2.58. The minimum absolute atomic E-state index is 0.132. The molecule has 0 saturated heterocycles. The van der Waals surface area contributed by atoms with Gasteiger partial charge >= 0.3 is 6.18 Å². The molecule has 0 unspecified atom stereocenters. The molecule has 0 aliphatic heterocycles. The molecule has 4 nitrogen and oxygen atoms in total. The molecule has 1 aromatic heterocycles. The van der Waals surface area contributed by atoms with E-state index < -0.39 is 11.7 Å². The molecule has 0 spiro atoms. The van der Waals surface area contributed by atoms with Crippen molar-refractivity contribution in [3.63, 3.8) is 0 Å². The molecule has 0 aliphatic carbocycles. The van der Waals surface area contributed by atoms with Crippen LogP contribution in [0.5, 0.6) is 0 Å². The lowest BCUT2D eigenvalue weighted by molar-refractivity contribution is -0.137. The SMILES string of the molecule is NCCCc1nnc(-c2ccc(Br)cc2C(F)(F)F)o1. The molecule has 0 atom stereocenters. The Hall–Kier alpha value is -1.41. The van der Waals surface area contributed by atoms with Gasteiger partial charge in [-0.3, -0.25) is 0 Å². The third kappa shape index (κ3) is 3.37. The van der Waals surface area contributed by atoms with E-state index in [1.54, 1.807) is 0 Å². The molecule has 0 radical (unpaired) electrons. The average Bonchev–Trinajstić information content (AvgIpc) is 2.84. The van der Waals surface area contributed by atoms with Crippen molar-refractivity contribution in [3.05, 3.63) is 34.1 Å². The van der Waals surface area contributed by atoms with Crippen LogP contribution in [0.2, 0.25) is 0 Å². The quantitative estimate of drug-likeness (QED) is 0.918. The third-order valence-corrected chi connectivity index (χ3v) is 3.07. The molecule has 2 N–H and O–H groups in total. The van der Waals surface area contributed by atoms with Crippen molar-refractivity contribution in [3.8, 4) is 11.5 Å². The molecule has 0 saturated carbocycles. The molecule has 0 fully saturated rings. The molecule has 2 rings (SSSR count). The molecule has 2 aromatic rings. The summed E-state index contributed by atoms with van der Waals surface area (Å²) in [4.78, 5) is 0. The van der Waals surface area contributed by atoms with E-state index >= 15 is 0 Å². The van der Waals surface area contributed by atoms with E-state index in [4.69, 9.17) is 10.2 Å². The van der Waals surface area contributed by atoms with E-state index in [0.29, 0.717) is 23.9 Å². The van der Waals surface area contributed by atoms with Crippen LogP contribution in [0.25, 0.3) is 11.5 Å². The maximum absolute atomic E-state index is 13.0. The van der Waals surface area contributed by atoms with Gasteiger partial charge in [-0.1, -0.05) is 15.9 Å². The second-order valence-corrected chi connectivity index (χ2v) is 5.00. The van der Waals surface area contributed by atoms with E-state index in [1.165, 1.54) is 12.1 Å². The fraction of sp³-hybridized carbons (Fsp3) is 0.333. The Morgan fingerprint density at radius 3 is 2.65 bits per heavy atom. The monoisotopic (exact) mass is 349 g/mol. The Morgan fingerprint density at radius 1 is 1.25 bits per heavy atom. The van der Waals surface area contributed by atoms with Crippen molar-refractivity contribution < 1.29 is 17.6 Å². The van der Waals surface area contributed by atoms with Gasteiger partial charge in [0.2, 0.25) is 11.8 Å². The first kappa shape index (κ1) is 15.0. The molecule has 0 bridgehead atoms. The zero-order valence-corrected chi connectivity index (χ0v) is 11.8. The topological polar surface area (TPSA) is 64.9 Å². The molecule has 0 aliphatic rings. The number of alkyl halides is 3. The van der Waals surface area contributed by atoms with Crippen LogP contribution in [-0.4, -0.2) is 16.7 Å². The Labute approximate surface area is 121 Å². The lowest BCUT2D eigenvalue weighted by Crippen LogP contribution is -2.07. The van der Waals surface area contributed by atoms with Gasteiger partial charge in [0.1, 0.15) is 0 Å². The number of aromatic nitrogens is 2. The molecule has 1 heterocycles. The van der Waals surface area contributed by atoms with Gasteiger partial charge in [0.25, 0.3) is 0 Å². The zero-order chi connectivity index (χ0) is 14.8. The standard InChI is InChI=1S/C12H11BrF3N3O/c13-7-3-4-8(9(6-7)12(14,15)16)11-19-18-10(20-11)2-1-5-17/h3-4,6H,1-2,5,17H2. The molecular formula is C12H11BrF3N3O. The van der Waals surface area contributed by atoms with E-state index in [1.807, 2.05) is 0 Å². The zero-order valence-electron chi connectivity index (χ0n) is 10.2. The fourth-order valence-electron chi connectivity index (χ4n) is 1.65. The predicted molar refractivity (Wildman–Crippen MR) is 69.8 cm³/mol. The molecule has 108 valence electrons. The molecule has 1 aromatic carbocycles. The second kappa shape index (κ2) is 5.92. The highest BCUT2D eigenvalue weighted by Gasteiger charge is 2.35. The summed E-state index contributed by atoms with van der Waals surface area (Å²) in [5, 5.41) is 7.39. The summed E-state index contributed by atoms with van der Waals surface area (Å²) in [6.07, 6.45) is -3.42. The average molecular weight is 350 g/mol. The van der Waals surface area contributed by atoms with Crippen LogP contribution in [0.15, 0.2) is 27.1 Å². The van der Waals surface area contributed by atoms with Crippen molar-refractivity contribution in [1.29, 1.82) is 0 Å². The normalized spacial score (nSPS) is 11.8. The minimum Gasteiger partial charge on any atom is -0.421 e. The van der Waals surface area contributed by atoms with Crippen molar-refractivity contribution in [1.82, 2.24) is 10.2 Å². The van der Waals surface area contributed by atoms with Crippen LogP contribution in [0, 0.1) is 0 Å². The Bertz CT molecular complexity index is 598. The largest absolute Gasteiger partial charge is 0.421 e. The van der Waals surface area contributed by atoms with Crippen molar-refractivity contribution in [2.45, 2.75) is 19.0 Å². The van der Waals surface area contributed by atoms with Gasteiger partial charge in [0.05, 0.1) is 11.1 Å². The fourth-order valence-corrected chi connectivity index (χ4v) is 2.02. The van der Waals surface area contributed by atoms with Crippen molar-refractivity contribution >= 4 is 15.9 Å². The highest BCUT2D eigenvalue weighted by molar-refractivity contribution is 9.10. The van der Waals surface area contributed by atoms with Gasteiger partial charge in [0, 0.05) is 10.9 Å². The van der Waals surface area contributed by atoms with Crippen LogP contribution in [0.4, 0.5) is 13.2 Å². The summed E-state index contributed by atoms with van der Waals surface area (Å²) >= 11 is 3.02. The minimum atomic E-state index is -4.50. The van der Waals surface area contributed by atoms with Gasteiger partial charge in [-0.2, -0.15) is 13.2 Å². The summed E-state index contributed by atoms with van der Waals surface area (Å²) in [6.45, 7) is 0.448. The Balaban J connectivity index is 2.39. The van der Waals surface area contributed by atoms with Gasteiger partial charge in [-0.15, -0.1) is 10.2 Å². The van der Waals surface area contributed by atoms with Crippen molar-refractivity contribution in [2.24, 2.45) is 5.73 Å². The lowest BCUT2D eigenvalue weighted by Gasteiger charge is -2.10. The van der Waals surface area contributed by atoms with E-state index in [9.17, 15) is 13.2 Å². The highest BCUT2D eigenvalue weighted by atomic mass is 79.9. The van der Waals surface area contributed by atoms with E-state index in [-0.39, 0.29) is 17.3 Å². The summed E-state index contributed by atoms with van der Waals surface area (Å²) < 4.78 is 44.6. The maximum Gasteiger partial charge on any atom is 0.417 e. The number of rotatable bonds is 4. The number of nitrogens with two attached hydrogens (primary N) is 1.